The second kappa shape index (κ2) is 8.67. The lowest BCUT2D eigenvalue weighted by Crippen LogP contribution is -2.40. The van der Waals surface area contributed by atoms with E-state index in [1.807, 2.05) is 13.8 Å². The van der Waals surface area contributed by atoms with Gasteiger partial charge in [-0.1, -0.05) is 26.0 Å². The summed E-state index contributed by atoms with van der Waals surface area (Å²) in [6.45, 7) is 1.11. The van der Waals surface area contributed by atoms with Crippen molar-refractivity contribution in [1.29, 1.82) is 0 Å². The molecule has 1 aromatic rings. The van der Waals surface area contributed by atoms with Gasteiger partial charge in [-0.2, -0.15) is 8.78 Å². The summed E-state index contributed by atoms with van der Waals surface area (Å²) in [5.74, 6) is -0.698. The molecule has 0 saturated carbocycles. The molecule has 7 heteroatoms. The molecule has 0 aromatic heterocycles. The van der Waals surface area contributed by atoms with Gasteiger partial charge in [0.15, 0.2) is 11.5 Å². The zero-order chi connectivity index (χ0) is 17.5. The largest absolute Gasteiger partial charge is 0.493 e. The molecule has 0 heterocycles. The molecule has 0 aliphatic carbocycles. The number of hydrogen-bond acceptors (Lipinski definition) is 4. The van der Waals surface area contributed by atoms with Crippen molar-refractivity contribution >= 4 is 5.97 Å². The Hall–Kier alpha value is -1.89. The Morgan fingerprint density at radius 3 is 2.48 bits per heavy atom. The van der Waals surface area contributed by atoms with Crippen molar-refractivity contribution in [1.82, 2.24) is 5.32 Å². The molecule has 0 bridgehead atoms. The number of methoxy groups -OCH3 is 1. The van der Waals surface area contributed by atoms with Crippen LogP contribution in [0.5, 0.6) is 11.5 Å². The Bertz CT molecular complexity index is 519. The molecule has 2 N–H and O–H groups in total. The first-order valence-electron chi connectivity index (χ1n) is 7.45. The molecule has 0 saturated heterocycles. The monoisotopic (exact) mass is 331 g/mol. The molecule has 0 spiro atoms. The van der Waals surface area contributed by atoms with Gasteiger partial charge in [0.05, 0.1) is 12.5 Å². The fourth-order valence-electron chi connectivity index (χ4n) is 2.40. The number of rotatable bonds is 10. The van der Waals surface area contributed by atoms with E-state index in [-0.39, 0.29) is 24.6 Å². The number of para-hydroxylation sites is 1. The summed E-state index contributed by atoms with van der Waals surface area (Å²) >= 11 is 0. The number of carboxylic acids is 1. The summed E-state index contributed by atoms with van der Waals surface area (Å²) in [7, 11) is 1.37. The maximum absolute atomic E-state index is 12.6. The first-order valence-corrected chi connectivity index (χ1v) is 7.45. The predicted octanol–water partition coefficient (Wildman–Crippen LogP) is 3.28. The van der Waals surface area contributed by atoms with Crippen LogP contribution < -0.4 is 14.8 Å². The molecule has 1 aromatic carbocycles. The highest BCUT2D eigenvalue weighted by atomic mass is 19.3. The van der Waals surface area contributed by atoms with Gasteiger partial charge in [0.2, 0.25) is 0 Å². The van der Waals surface area contributed by atoms with E-state index in [2.05, 4.69) is 10.1 Å². The topological polar surface area (TPSA) is 67.8 Å². The number of carbonyl (C=O) groups is 1. The van der Waals surface area contributed by atoms with Crippen molar-refractivity contribution in [3.63, 3.8) is 0 Å². The molecule has 0 fully saturated rings. The second-order valence-corrected chi connectivity index (χ2v) is 5.22. The van der Waals surface area contributed by atoms with Crippen LogP contribution in [0, 0.1) is 5.41 Å². The van der Waals surface area contributed by atoms with Crippen molar-refractivity contribution in [2.75, 3.05) is 13.7 Å². The highest BCUT2D eigenvalue weighted by Crippen LogP contribution is 2.33. The van der Waals surface area contributed by atoms with Crippen LogP contribution in [0.4, 0.5) is 8.78 Å². The molecule has 0 atom stereocenters. The molecule has 0 radical (unpaired) electrons. The summed E-state index contributed by atoms with van der Waals surface area (Å²) in [4.78, 5) is 11.5. The van der Waals surface area contributed by atoms with Crippen LogP contribution in [0.25, 0.3) is 0 Å². The SMILES string of the molecule is CCC(CC)(CNCc1cccc(OC)c1OC(F)F)C(=O)O. The van der Waals surface area contributed by atoms with E-state index in [9.17, 15) is 18.7 Å². The minimum Gasteiger partial charge on any atom is -0.493 e. The number of nitrogens with one attached hydrogen (secondary N) is 1. The third-order valence-corrected chi connectivity index (χ3v) is 4.07. The van der Waals surface area contributed by atoms with Crippen LogP contribution in [0.15, 0.2) is 18.2 Å². The van der Waals surface area contributed by atoms with Crippen LogP contribution in [0.2, 0.25) is 0 Å². The van der Waals surface area contributed by atoms with Crippen molar-refractivity contribution < 1.29 is 28.2 Å². The normalized spacial score (nSPS) is 11.6. The number of benzene rings is 1. The Kier molecular flexibility index (Phi) is 7.22. The summed E-state index contributed by atoms with van der Waals surface area (Å²) in [5.41, 5.74) is -0.390. The lowest BCUT2D eigenvalue weighted by molar-refractivity contribution is -0.149. The Morgan fingerprint density at radius 1 is 1.35 bits per heavy atom. The molecule has 130 valence electrons. The molecule has 5 nitrogen and oxygen atoms in total. The van der Waals surface area contributed by atoms with Crippen LogP contribution in [-0.2, 0) is 11.3 Å². The van der Waals surface area contributed by atoms with Crippen molar-refractivity contribution in [2.45, 2.75) is 39.8 Å². The standard InChI is InChI=1S/C16H23F2NO4/c1-4-16(5-2,14(20)21)10-19-9-11-7-6-8-12(22-3)13(11)23-15(17)18/h6-8,15,19H,4-5,9-10H2,1-3H3,(H,20,21). The van der Waals surface area contributed by atoms with Crippen LogP contribution in [0.1, 0.15) is 32.3 Å². The molecule has 0 aliphatic rings. The Morgan fingerprint density at radius 2 is 2.00 bits per heavy atom. The van der Waals surface area contributed by atoms with Crippen LogP contribution in [0.3, 0.4) is 0 Å². The maximum Gasteiger partial charge on any atom is 0.387 e. The number of aliphatic carboxylic acids is 1. The lowest BCUT2D eigenvalue weighted by Gasteiger charge is -2.27. The fourth-order valence-corrected chi connectivity index (χ4v) is 2.40. The Labute approximate surface area is 134 Å². The van der Waals surface area contributed by atoms with Gasteiger partial charge in [0, 0.05) is 18.7 Å². The number of hydrogen-bond donors (Lipinski definition) is 2. The van der Waals surface area contributed by atoms with Gasteiger partial charge in [0.25, 0.3) is 0 Å². The van der Waals surface area contributed by atoms with Gasteiger partial charge in [0.1, 0.15) is 0 Å². The third kappa shape index (κ3) is 4.79. The van der Waals surface area contributed by atoms with E-state index >= 15 is 0 Å². The molecule has 0 unspecified atom stereocenters. The quantitative estimate of drug-likeness (QED) is 0.689. The number of carboxylic acid groups (broad SMARTS) is 1. The van der Waals surface area contributed by atoms with Gasteiger partial charge in [-0.25, -0.2) is 0 Å². The van der Waals surface area contributed by atoms with Crippen molar-refractivity contribution in [3.05, 3.63) is 23.8 Å². The zero-order valence-corrected chi connectivity index (χ0v) is 13.6. The summed E-state index contributed by atoms with van der Waals surface area (Å²) in [6.07, 6.45) is 0.953. The van der Waals surface area contributed by atoms with E-state index in [0.717, 1.165) is 0 Å². The van der Waals surface area contributed by atoms with Crippen LogP contribution >= 0.6 is 0 Å². The highest BCUT2D eigenvalue weighted by Gasteiger charge is 2.34. The zero-order valence-electron chi connectivity index (χ0n) is 13.6. The second-order valence-electron chi connectivity index (χ2n) is 5.22. The van der Waals surface area contributed by atoms with Crippen molar-refractivity contribution in [3.8, 4) is 11.5 Å². The van der Waals surface area contributed by atoms with Gasteiger partial charge < -0.3 is 19.9 Å². The van der Waals surface area contributed by atoms with Crippen molar-refractivity contribution in [2.24, 2.45) is 5.41 Å². The molecule has 23 heavy (non-hydrogen) atoms. The van der Waals surface area contributed by atoms with Gasteiger partial charge in [-0.3, -0.25) is 4.79 Å². The van der Waals surface area contributed by atoms with Gasteiger partial charge in [-0.05, 0) is 18.9 Å². The van der Waals surface area contributed by atoms with Crippen LogP contribution in [-0.4, -0.2) is 31.3 Å². The average Bonchev–Trinajstić information content (AvgIpc) is 2.52. The third-order valence-electron chi connectivity index (χ3n) is 4.07. The van der Waals surface area contributed by atoms with Gasteiger partial charge in [-0.15, -0.1) is 0 Å². The average molecular weight is 331 g/mol. The first-order chi connectivity index (χ1) is 10.9. The van der Waals surface area contributed by atoms with E-state index in [0.29, 0.717) is 18.4 Å². The molecular formula is C16H23F2NO4. The van der Waals surface area contributed by atoms with E-state index in [1.165, 1.54) is 13.2 Å². The summed E-state index contributed by atoms with van der Waals surface area (Å²) in [6, 6.07) is 4.83. The lowest BCUT2D eigenvalue weighted by atomic mass is 9.82. The molecule has 0 aliphatic heterocycles. The van der Waals surface area contributed by atoms with Gasteiger partial charge >= 0.3 is 12.6 Å². The number of ether oxygens (including phenoxy) is 2. The first kappa shape index (κ1) is 19.2. The highest BCUT2D eigenvalue weighted by molar-refractivity contribution is 5.74. The summed E-state index contributed by atoms with van der Waals surface area (Å²) in [5, 5.41) is 12.4. The Balaban J connectivity index is 2.87. The predicted molar refractivity (Wildman–Crippen MR) is 82.0 cm³/mol. The maximum atomic E-state index is 12.6. The summed E-state index contributed by atoms with van der Waals surface area (Å²) < 4.78 is 34.7. The molecular weight excluding hydrogens is 308 g/mol. The minimum absolute atomic E-state index is 0.0357. The number of alkyl halides is 2. The fraction of sp³-hybridized carbons (Fsp3) is 0.562. The minimum atomic E-state index is -2.96. The van der Waals surface area contributed by atoms with E-state index in [4.69, 9.17) is 4.74 Å². The smallest absolute Gasteiger partial charge is 0.387 e. The molecule has 0 amide bonds. The van der Waals surface area contributed by atoms with E-state index < -0.39 is 18.0 Å². The van der Waals surface area contributed by atoms with E-state index in [1.54, 1.807) is 12.1 Å². The number of halogens is 2. The molecule has 1 rings (SSSR count).